The van der Waals surface area contributed by atoms with Crippen LogP contribution in [0.5, 0.6) is 5.75 Å². The maximum Gasteiger partial charge on any atom is 0.240 e. The number of methoxy groups -OCH3 is 1. The van der Waals surface area contributed by atoms with Gasteiger partial charge in [0.05, 0.1) is 29.8 Å². The van der Waals surface area contributed by atoms with Crippen molar-refractivity contribution < 1.29 is 13.2 Å². The summed E-state index contributed by atoms with van der Waals surface area (Å²) in [6.45, 7) is 1.95. The molecule has 0 amide bonds. The predicted octanol–water partition coefficient (Wildman–Crippen LogP) is 3.03. The van der Waals surface area contributed by atoms with Crippen molar-refractivity contribution in [2.75, 3.05) is 7.11 Å². The molecule has 124 valence electrons. The summed E-state index contributed by atoms with van der Waals surface area (Å²) in [5.74, 6) is 0.658. The monoisotopic (exact) mass is 342 g/mol. The number of nitrogens with one attached hydrogen (secondary N) is 1. The fourth-order valence-electron chi connectivity index (χ4n) is 2.48. The number of benzene rings is 2. The van der Waals surface area contributed by atoms with Crippen LogP contribution in [0, 0.1) is 6.92 Å². The average molecular weight is 342 g/mol. The lowest BCUT2D eigenvalue weighted by Crippen LogP contribution is -2.23. The molecule has 0 unspecified atom stereocenters. The third-order valence-electron chi connectivity index (χ3n) is 3.78. The van der Waals surface area contributed by atoms with Gasteiger partial charge < -0.3 is 4.74 Å². The van der Waals surface area contributed by atoms with Crippen molar-refractivity contribution in [2.45, 2.75) is 18.4 Å². The molecule has 0 bridgehead atoms. The highest BCUT2D eigenvalue weighted by atomic mass is 32.2. The molecule has 1 heterocycles. The van der Waals surface area contributed by atoms with Gasteiger partial charge in [0.15, 0.2) is 0 Å². The number of ether oxygens (including phenoxy) is 1. The van der Waals surface area contributed by atoms with Crippen LogP contribution in [0.2, 0.25) is 0 Å². The summed E-state index contributed by atoms with van der Waals surface area (Å²) in [7, 11) is -2.05. The number of fused-ring (bicyclic) bond motifs is 1. The van der Waals surface area contributed by atoms with Crippen LogP contribution in [0.25, 0.3) is 10.9 Å². The summed E-state index contributed by atoms with van der Waals surface area (Å²) >= 11 is 0. The van der Waals surface area contributed by atoms with Gasteiger partial charge in [0.25, 0.3) is 0 Å². The smallest absolute Gasteiger partial charge is 0.240 e. The standard InChI is InChI=1S/C18H18N2O3S/c1-13-11-16(9-10-18(13)23-2)24(21,22)19-12-15-8-7-14-5-3-4-6-17(14)20-15/h3-11,19H,12H2,1-2H3. The van der Waals surface area contributed by atoms with Crippen LogP contribution in [-0.4, -0.2) is 20.5 Å². The number of aromatic nitrogens is 1. The highest BCUT2D eigenvalue weighted by molar-refractivity contribution is 7.89. The van der Waals surface area contributed by atoms with Gasteiger partial charge >= 0.3 is 0 Å². The number of para-hydroxylation sites is 1. The molecule has 5 nitrogen and oxygen atoms in total. The van der Waals surface area contributed by atoms with Crippen molar-refractivity contribution in [3.05, 3.63) is 65.9 Å². The minimum Gasteiger partial charge on any atom is -0.496 e. The highest BCUT2D eigenvalue weighted by Gasteiger charge is 2.15. The van der Waals surface area contributed by atoms with Crippen LogP contribution in [-0.2, 0) is 16.6 Å². The van der Waals surface area contributed by atoms with Crippen LogP contribution in [0.4, 0.5) is 0 Å². The second-order valence-corrected chi connectivity index (χ2v) is 7.22. The molecular weight excluding hydrogens is 324 g/mol. The number of pyridine rings is 1. The quantitative estimate of drug-likeness (QED) is 0.774. The molecule has 2 aromatic carbocycles. The van der Waals surface area contributed by atoms with Gasteiger partial charge in [-0.15, -0.1) is 0 Å². The van der Waals surface area contributed by atoms with E-state index in [0.717, 1.165) is 16.5 Å². The minimum absolute atomic E-state index is 0.137. The summed E-state index contributed by atoms with van der Waals surface area (Å²) in [5, 5.41) is 1.02. The Kier molecular flexibility index (Phi) is 4.51. The first-order chi connectivity index (χ1) is 11.5. The zero-order valence-corrected chi connectivity index (χ0v) is 14.3. The van der Waals surface area contributed by atoms with Crippen LogP contribution in [0.1, 0.15) is 11.3 Å². The van der Waals surface area contributed by atoms with Gasteiger partial charge in [-0.1, -0.05) is 24.3 Å². The molecule has 0 saturated heterocycles. The summed E-state index contributed by atoms with van der Waals surface area (Å²) in [5.41, 5.74) is 2.28. The van der Waals surface area contributed by atoms with Crippen molar-refractivity contribution in [2.24, 2.45) is 0 Å². The lowest BCUT2D eigenvalue weighted by atomic mass is 10.2. The summed E-state index contributed by atoms with van der Waals surface area (Å²) in [6, 6.07) is 16.3. The number of hydrogen-bond donors (Lipinski definition) is 1. The van der Waals surface area contributed by atoms with Crippen molar-refractivity contribution in [1.29, 1.82) is 0 Å². The second kappa shape index (κ2) is 6.59. The highest BCUT2D eigenvalue weighted by Crippen LogP contribution is 2.21. The van der Waals surface area contributed by atoms with E-state index in [1.54, 1.807) is 19.2 Å². The molecule has 1 aromatic heterocycles. The van der Waals surface area contributed by atoms with Crippen molar-refractivity contribution >= 4 is 20.9 Å². The number of nitrogens with zero attached hydrogens (tertiary/aromatic N) is 1. The van der Waals surface area contributed by atoms with Crippen LogP contribution >= 0.6 is 0 Å². The molecule has 0 saturated carbocycles. The molecule has 3 rings (SSSR count). The van der Waals surface area contributed by atoms with Gasteiger partial charge in [-0.3, -0.25) is 4.98 Å². The number of sulfonamides is 1. The van der Waals surface area contributed by atoms with Gasteiger partial charge in [-0.25, -0.2) is 13.1 Å². The zero-order valence-electron chi connectivity index (χ0n) is 13.5. The molecule has 0 aliphatic rings. The molecule has 0 aliphatic heterocycles. The molecule has 0 spiro atoms. The van der Waals surface area contributed by atoms with E-state index < -0.39 is 10.0 Å². The van der Waals surface area contributed by atoms with Crippen LogP contribution in [0.15, 0.2) is 59.5 Å². The first kappa shape index (κ1) is 16.4. The van der Waals surface area contributed by atoms with Gasteiger partial charge in [-0.2, -0.15) is 0 Å². The Morgan fingerprint density at radius 3 is 2.62 bits per heavy atom. The summed E-state index contributed by atoms with van der Waals surface area (Å²) in [6.07, 6.45) is 0. The Hall–Kier alpha value is -2.44. The lowest BCUT2D eigenvalue weighted by Gasteiger charge is -2.10. The molecule has 0 fully saturated rings. The Labute approximate surface area is 141 Å². The van der Waals surface area contributed by atoms with E-state index in [-0.39, 0.29) is 11.4 Å². The molecular formula is C18H18N2O3S. The molecule has 0 radical (unpaired) electrons. The van der Waals surface area contributed by atoms with Crippen LogP contribution < -0.4 is 9.46 Å². The molecule has 0 aliphatic carbocycles. The van der Waals surface area contributed by atoms with Crippen LogP contribution in [0.3, 0.4) is 0 Å². The lowest BCUT2D eigenvalue weighted by molar-refractivity contribution is 0.411. The molecule has 24 heavy (non-hydrogen) atoms. The van der Waals surface area contributed by atoms with E-state index in [1.165, 1.54) is 6.07 Å². The fourth-order valence-corrected chi connectivity index (χ4v) is 3.56. The van der Waals surface area contributed by atoms with Crippen molar-refractivity contribution in [3.8, 4) is 5.75 Å². The molecule has 1 N–H and O–H groups in total. The Morgan fingerprint density at radius 2 is 1.88 bits per heavy atom. The SMILES string of the molecule is COc1ccc(S(=O)(=O)NCc2ccc3ccccc3n2)cc1C. The summed E-state index contributed by atoms with van der Waals surface area (Å²) in [4.78, 5) is 4.68. The molecule has 6 heteroatoms. The Balaban J connectivity index is 1.80. The largest absolute Gasteiger partial charge is 0.496 e. The number of hydrogen-bond acceptors (Lipinski definition) is 4. The summed E-state index contributed by atoms with van der Waals surface area (Å²) < 4.78 is 32.6. The Morgan fingerprint density at radius 1 is 1.08 bits per heavy atom. The van der Waals surface area contributed by atoms with E-state index in [1.807, 2.05) is 43.3 Å². The Bertz CT molecular complexity index is 984. The normalized spacial score (nSPS) is 11.6. The maximum absolute atomic E-state index is 12.4. The van der Waals surface area contributed by atoms with E-state index in [4.69, 9.17) is 4.74 Å². The number of aryl methyl sites for hydroxylation is 1. The van der Waals surface area contributed by atoms with Crippen molar-refractivity contribution in [3.63, 3.8) is 0 Å². The number of rotatable bonds is 5. The third kappa shape index (κ3) is 3.39. The first-order valence-corrected chi connectivity index (χ1v) is 8.97. The average Bonchev–Trinajstić information content (AvgIpc) is 2.60. The second-order valence-electron chi connectivity index (χ2n) is 5.45. The predicted molar refractivity (Wildman–Crippen MR) is 93.5 cm³/mol. The van der Waals surface area contributed by atoms with E-state index in [0.29, 0.717) is 11.4 Å². The van der Waals surface area contributed by atoms with Gasteiger partial charge in [0.1, 0.15) is 5.75 Å². The van der Waals surface area contributed by atoms with E-state index >= 15 is 0 Å². The van der Waals surface area contributed by atoms with Gasteiger partial charge in [0, 0.05) is 5.39 Å². The fraction of sp³-hybridized carbons (Fsp3) is 0.167. The third-order valence-corrected chi connectivity index (χ3v) is 5.17. The van der Waals surface area contributed by atoms with Gasteiger partial charge in [-0.05, 0) is 42.8 Å². The van der Waals surface area contributed by atoms with E-state index in [9.17, 15) is 8.42 Å². The molecule has 0 atom stereocenters. The van der Waals surface area contributed by atoms with Crippen molar-refractivity contribution in [1.82, 2.24) is 9.71 Å². The van der Waals surface area contributed by atoms with E-state index in [2.05, 4.69) is 9.71 Å². The molecule has 3 aromatic rings. The zero-order chi connectivity index (χ0) is 17.2. The van der Waals surface area contributed by atoms with Gasteiger partial charge in [0.2, 0.25) is 10.0 Å². The first-order valence-electron chi connectivity index (χ1n) is 7.48. The maximum atomic E-state index is 12.4. The topological polar surface area (TPSA) is 68.3 Å². The minimum atomic E-state index is -3.60.